The number of benzene rings is 1. The second-order valence-corrected chi connectivity index (χ2v) is 4.85. The van der Waals surface area contributed by atoms with Crippen LogP contribution in [-0.2, 0) is 16.0 Å². The summed E-state index contributed by atoms with van der Waals surface area (Å²) < 4.78 is 20.9. The number of hydrogen-bond donors (Lipinski definition) is 1. The molecule has 0 spiro atoms. The van der Waals surface area contributed by atoms with E-state index in [1.165, 1.54) is 0 Å². The van der Waals surface area contributed by atoms with Gasteiger partial charge in [0.15, 0.2) is 11.5 Å². The fraction of sp³-hybridized carbons (Fsp3) is 0.571. The molecule has 2 rings (SSSR count). The maximum Gasteiger partial charge on any atom is 0.231 e. The highest BCUT2D eigenvalue weighted by molar-refractivity contribution is 6.32. The highest BCUT2D eigenvalue weighted by atomic mass is 35.5. The van der Waals surface area contributed by atoms with Crippen LogP contribution in [-0.4, -0.2) is 40.3 Å². The van der Waals surface area contributed by atoms with Crippen LogP contribution in [0.25, 0.3) is 0 Å². The Bertz CT molecular complexity index is 428. The molecule has 5 nitrogen and oxygen atoms in total. The van der Waals surface area contributed by atoms with Gasteiger partial charge in [0, 0.05) is 20.3 Å². The van der Waals surface area contributed by atoms with Crippen molar-refractivity contribution in [1.29, 1.82) is 0 Å². The molecule has 1 aliphatic heterocycles. The molecule has 6 heteroatoms. The van der Waals surface area contributed by atoms with E-state index in [2.05, 4.69) is 5.32 Å². The van der Waals surface area contributed by atoms with Gasteiger partial charge in [-0.15, -0.1) is 0 Å². The second-order valence-electron chi connectivity index (χ2n) is 4.45. The summed E-state index contributed by atoms with van der Waals surface area (Å²) in [5.41, 5.74) is 1.08. The molecule has 0 atom stereocenters. The Balaban J connectivity index is 1.64. The smallest absolute Gasteiger partial charge is 0.231 e. The third-order valence-electron chi connectivity index (χ3n) is 2.89. The summed E-state index contributed by atoms with van der Waals surface area (Å²) in [4.78, 5) is 0. The standard InChI is InChI=1S/C14H20ClNO4/c1-17-5-6-18-4-2-3-16-9-11-7-12(15)14-13(8-11)19-10-20-14/h7-8,16H,2-6,9-10H2,1H3. The quantitative estimate of drug-likeness (QED) is 0.709. The van der Waals surface area contributed by atoms with E-state index < -0.39 is 0 Å². The molecule has 1 N–H and O–H groups in total. The molecule has 0 radical (unpaired) electrons. The molecule has 0 saturated heterocycles. The third kappa shape index (κ3) is 4.52. The number of nitrogens with one attached hydrogen (secondary N) is 1. The number of hydrogen-bond acceptors (Lipinski definition) is 5. The molecule has 0 amide bonds. The normalized spacial score (nSPS) is 12.9. The average molecular weight is 302 g/mol. The molecule has 1 aromatic carbocycles. The lowest BCUT2D eigenvalue weighted by Crippen LogP contribution is -2.17. The van der Waals surface area contributed by atoms with Gasteiger partial charge in [-0.05, 0) is 30.7 Å². The van der Waals surface area contributed by atoms with Crippen LogP contribution in [0.4, 0.5) is 0 Å². The molecule has 1 heterocycles. The minimum atomic E-state index is 0.241. The van der Waals surface area contributed by atoms with E-state index in [4.69, 9.17) is 30.5 Å². The molecule has 1 aromatic rings. The maximum atomic E-state index is 6.12. The van der Waals surface area contributed by atoms with Gasteiger partial charge < -0.3 is 24.3 Å². The van der Waals surface area contributed by atoms with E-state index in [-0.39, 0.29) is 6.79 Å². The summed E-state index contributed by atoms with van der Waals surface area (Å²) in [6.07, 6.45) is 0.960. The van der Waals surface area contributed by atoms with Crippen molar-refractivity contribution in [2.75, 3.05) is 40.3 Å². The summed E-state index contributed by atoms with van der Waals surface area (Å²) in [6.45, 7) is 3.90. The highest BCUT2D eigenvalue weighted by Crippen LogP contribution is 2.39. The van der Waals surface area contributed by atoms with Crippen molar-refractivity contribution in [3.63, 3.8) is 0 Å². The fourth-order valence-corrected chi connectivity index (χ4v) is 2.19. The van der Waals surface area contributed by atoms with Gasteiger partial charge in [-0.1, -0.05) is 11.6 Å². The zero-order chi connectivity index (χ0) is 14.2. The summed E-state index contributed by atoms with van der Waals surface area (Å²) in [6, 6.07) is 3.85. The molecule has 112 valence electrons. The average Bonchev–Trinajstić information content (AvgIpc) is 2.91. The van der Waals surface area contributed by atoms with Crippen LogP contribution < -0.4 is 14.8 Å². The van der Waals surface area contributed by atoms with Crippen LogP contribution >= 0.6 is 11.6 Å². The number of rotatable bonds is 9. The van der Waals surface area contributed by atoms with Crippen LogP contribution in [0.5, 0.6) is 11.5 Å². The zero-order valence-corrected chi connectivity index (χ0v) is 12.4. The second kappa shape index (κ2) is 8.32. The van der Waals surface area contributed by atoms with Crippen LogP contribution in [0.1, 0.15) is 12.0 Å². The first kappa shape index (κ1) is 15.4. The topological polar surface area (TPSA) is 49.0 Å². The molecular weight excluding hydrogens is 282 g/mol. The molecule has 0 saturated carbocycles. The van der Waals surface area contributed by atoms with Crippen LogP contribution in [0.2, 0.25) is 5.02 Å². The van der Waals surface area contributed by atoms with E-state index >= 15 is 0 Å². The zero-order valence-electron chi connectivity index (χ0n) is 11.6. The van der Waals surface area contributed by atoms with E-state index in [1.54, 1.807) is 7.11 Å². The van der Waals surface area contributed by atoms with Crippen molar-refractivity contribution >= 4 is 11.6 Å². The van der Waals surface area contributed by atoms with E-state index in [0.717, 1.165) is 37.4 Å². The maximum absolute atomic E-state index is 6.12. The number of methoxy groups -OCH3 is 1. The Kier molecular flexibility index (Phi) is 6.39. The van der Waals surface area contributed by atoms with Gasteiger partial charge in [-0.2, -0.15) is 0 Å². The Morgan fingerprint density at radius 1 is 1.25 bits per heavy atom. The number of fused-ring (bicyclic) bond motifs is 1. The van der Waals surface area contributed by atoms with E-state index in [9.17, 15) is 0 Å². The van der Waals surface area contributed by atoms with Crippen molar-refractivity contribution in [3.8, 4) is 11.5 Å². The molecule has 0 aromatic heterocycles. The molecule has 20 heavy (non-hydrogen) atoms. The van der Waals surface area contributed by atoms with Crippen molar-refractivity contribution in [2.45, 2.75) is 13.0 Å². The first-order valence-corrected chi connectivity index (χ1v) is 7.04. The third-order valence-corrected chi connectivity index (χ3v) is 3.17. The van der Waals surface area contributed by atoms with Gasteiger partial charge in [0.05, 0.1) is 18.2 Å². The SMILES string of the molecule is COCCOCCCNCc1cc(Cl)c2c(c1)OCO2. The van der Waals surface area contributed by atoms with Gasteiger partial charge >= 0.3 is 0 Å². The van der Waals surface area contributed by atoms with Crippen molar-refractivity contribution in [3.05, 3.63) is 22.7 Å². The lowest BCUT2D eigenvalue weighted by molar-refractivity contribution is 0.0695. The number of halogens is 1. The predicted molar refractivity (Wildman–Crippen MR) is 76.6 cm³/mol. The van der Waals surface area contributed by atoms with Gasteiger partial charge in [0.1, 0.15) is 0 Å². The first-order chi connectivity index (χ1) is 9.81. The number of ether oxygens (including phenoxy) is 4. The first-order valence-electron chi connectivity index (χ1n) is 6.66. The minimum Gasteiger partial charge on any atom is -0.454 e. The Morgan fingerprint density at radius 3 is 3.00 bits per heavy atom. The Morgan fingerprint density at radius 2 is 2.15 bits per heavy atom. The largest absolute Gasteiger partial charge is 0.454 e. The Hall–Kier alpha value is -1.01. The lowest BCUT2D eigenvalue weighted by atomic mass is 10.2. The van der Waals surface area contributed by atoms with Gasteiger partial charge in [0.25, 0.3) is 0 Å². The van der Waals surface area contributed by atoms with E-state index in [1.807, 2.05) is 12.1 Å². The summed E-state index contributed by atoms with van der Waals surface area (Å²) in [5, 5.41) is 3.94. The predicted octanol–water partition coefficient (Wildman–Crippen LogP) is 2.21. The highest BCUT2D eigenvalue weighted by Gasteiger charge is 2.17. The monoisotopic (exact) mass is 301 g/mol. The fourth-order valence-electron chi connectivity index (χ4n) is 1.90. The summed E-state index contributed by atoms with van der Waals surface area (Å²) in [7, 11) is 1.67. The van der Waals surface area contributed by atoms with E-state index in [0.29, 0.717) is 24.0 Å². The molecule has 0 fully saturated rings. The van der Waals surface area contributed by atoms with Crippen molar-refractivity contribution < 1.29 is 18.9 Å². The van der Waals surface area contributed by atoms with Crippen LogP contribution in [0.3, 0.4) is 0 Å². The molecule has 0 aliphatic carbocycles. The van der Waals surface area contributed by atoms with Gasteiger partial charge in [-0.25, -0.2) is 0 Å². The molecule has 0 bridgehead atoms. The molecule has 0 unspecified atom stereocenters. The molecular formula is C14H20ClNO4. The summed E-state index contributed by atoms with van der Waals surface area (Å²) >= 11 is 6.12. The Labute approximate surface area is 124 Å². The summed E-state index contributed by atoms with van der Waals surface area (Å²) in [5.74, 6) is 1.36. The van der Waals surface area contributed by atoms with Gasteiger partial charge in [-0.3, -0.25) is 0 Å². The van der Waals surface area contributed by atoms with Crippen LogP contribution in [0, 0.1) is 0 Å². The lowest BCUT2D eigenvalue weighted by Gasteiger charge is -2.07. The van der Waals surface area contributed by atoms with Crippen molar-refractivity contribution in [2.24, 2.45) is 0 Å². The minimum absolute atomic E-state index is 0.241. The van der Waals surface area contributed by atoms with Crippen molar-refractivity contribution in [1.82, 2.24) is 5.32 Å². The van der Waals surface area contributed by atoms with Crippen LogP contribution in [0.15, 0.2) is 12.1 Å². The van der Waals surface area contributed by atoms with Gasteiger partial charge in [0.2, 0.25) is 6.79 Å². The molecule has 1 aliphatic rings.